The number of carbonyl (C=O) groups excluding carboxylic acids is 4. The first-order chi connectivity index (χ1) is 27.3. The predicted octanol–water partition coefficient (Wildman–Crippen LogP) is 6.05. The van der Waals surface area contributed by atoms with Crippen LogP contribution in [0.2, 0.25) is 10.0 Å². The van der Waals surface area contributed by atoms with Crippen LogP contribution in [0.15, 0.2) is 73.1 Å². The average molecular weight is 852 g/mol. The number of hydrogen-bond donors (Lipinski definition) is 1. The molecule has 15 nitrogen and oxygen atoms in total. The number of esters is 1. The number of ether oxygens (including phenoxy) is 1. The number of carboxylic acids is 1. The number of nitrogens with zero attached hydrogens (tertiary/aromatic N) is 8. The van der Waals surface area contributed by atoms with Gasteiger partial charge in [0.25, 0.3) is 0 Å². The summed E-state index contributed by atoms with van der Waals surface area (Å²) >= 11 is 11.8. The molecule has 0 unspecified atom stereocenters. The summed E-state index contributed by atoms with van der Waals surface area (Å²) in [6, 6.07) is 17.8. The number of hydrogen-bond acceptors (Lipinski definition) is 10. The van der Waals surface area contributed by atoms with Gasteiger partial charge in [-0.05, 0) is 68.3 Å². The van der Waals surface area contributed by atoms with Gasteiger partial charge in [-0.25, -0.2) is 19.2 Å². The lowest BCUT2D eigenvalue weighted by molar-refractivity contribution is -0.156. The number of carboxylic acid groups (broad SMARTS) is 1. The van der Waals surface area contributed by atoms with Gasteiger partial charge >= 0.3 is 30.2 Å². The third kappa shape index (κ3) is 14.6. The molecule has 20 heteroatoms. The predicted molar refractivity (Wildman–Crippen MR) is 207 cm³/mol. The maximum atomic E-state index is 12.7. The van der Waals surface area contributed by atoms with Crippen molar-refractivity contribution in [2.45, 2.75) is 45.6 Å². The van der Waals surface area contributed by atoms with Crippen molar-refractivity contribution in [2.75, 3.05) is 52.4 Å². The fraction of sp³-hybridized carbons (Fsp3) is 0.395. The molecule has 312 valence electrons. The lowest BCUT2D eigenvalue weighted by Crippen LogP contribution is -2.49. The molecule has 0 radical (unpaired) electrons. The van der Waals surface area contributed by atoms with E-state index < -0.39 is 30.0 Å². The molecular formula is C38H43Cl2F3N8O7. The van der Waals surface area contributed by atoms with Gasteiger partial charge in [0.05, 0.1) is 0 Å². The summed E-state index contributed by atoms with van der Waals surface area (Å²) in [4.78, 5) is 64.6. The van der Waals surface area contributed by atoms with E-state index in [1.807, 2.05) is 48.5 Å². The molecule has 2 saturated heterocycles. The van der Waals surface area contributed by atoms with Gasteiger partial charge in [0.2, 0.25) is 6.29 Å². The molecule has 0 aliphatic carbocycles. The molecule has 58 heavy (non-hydrogen) atoms. The molecule has 0 bridgehead atoms. The Kier molecular flexibility index (Phi) is 16.0. The van der Waals surface area contributed by atoms with Crippen LogP contribution >= 0.6 is 23.2 Å². The third-order valence-electron chi connectivity index (χ3n) is 8.46. The Bertz CT molecular complexity index is 2000. The van der Waals surface area contributed by atoms with Gasteiger partial charge in [-0.1, -0.05) is 47.5 Å². The number of aromatic nitrogens is 4. The van der Waals surface area contributed by atoms with E-state index in [2.05, 4.69) is 20.0 Å². The molecule has 0 saturated carbocycles. The minimum absolute atomic E-state index is 0.129. The first-order valence-corrected chi connectivity index (χ1v) is 18.7. The van der Waals surface area contributed by atoms with Crippen molar-refractivity contribution >= 4 is 53.5 Å². The second-order valence-corrected chi connectivity index (χ2v) is 15.0. The van der Waals surface area contributed by atoms with E-state index in [0.29, 0.717) is 31.2 Å². The molecule has 0 spiro atoms. The number of rotatable bonds is 6. The SMILES string of the molecule is CC(C)(C)OC(=O)c1ccn(C(=O)N2CCN(Cc3ccc(Cl)cc3)CC2)n1.O=C(O)c1ccn(C(=O)N2CCN(Cc3ccc(Cl)cc3)CC2)n1.O=CC(F)(F)F. The summed E-state index contributed by atoms with van der Waals surface area (Å²) in [7, 11) is 0. The first kappa shape index (κ1) is 45.4. The van der Waals surface area contributed by atoms with Gasteiger partial charge in [-0.3, -0.25) is 14.6 Å². The number of carbonyl (C=O) groups is 5. The summed E-state index contributed by atoms with van der Waals surface area (Å²) in [5, 5.41) is 18.2. The van der Waals surface area contributed by atoms with E-state index in [1.165, 1.54) is 40.3 Å². The van der Waals surface area contributed by atoms with Gasteiger partial charge in [-0.2, -0.15) is 32.7 Å². The molecule has 2 aromatic heterocycles. The molecule has 2 fully saturated rings. The maximum absolute atomic E-state index is 12.7. The molecule has 2 amide bonds. The van der Waals surface area contributed by atoms with Gasteiger partial charge in [0, 0.05) is 87.9 Å². The van der Waals surface area contributed by atoms with E-state index in [0.717, 1.165) is 49.0 Å². The zero-order chi connectivity index (χ0) is 42.6. The van der Waals surface area contributed by atoms with Gasteiger partial charge in [0.15, 0.2) is 11.4 Å². The van der Waals surface area contributed by atoms with Gasteiger partial charge < -0.3 is 19.6 Å². The van der Waals surface area contributed by atoms with Crippen LogP contribution in [0.4, 0.5) is 22.8 Å². The number of benzene rings is 2. The Morgan fingerprint density at radius 1 is 0.672 bits per heavy atom. The van der Waals surface area contributed by atoms with Crippen molar-refractivity contribution in [1.29, 1.82) is 0 Å². The molecule has 1 N–H and O–H groups in total. The van der Waals surface area contributed by atoms with Crippen molar-refractivity contribution in [3.05, 3.63) is 106 Å². The molecule has 2 aromatic carbocycles. The zero-order valence-electron chi connectivity index (χ0n) is 31.9. The van der Waals surface area contributed by atoms with Crippen molar-refractivity contribution in [1.82, 2.24) is 39.2 Å². The quantitative estimate of drug-likeness (QED) is 0.178. The lowest BCUT2D eigenvalue weighted by Gasteiger charge is -2.34. The number of alkyl halides is 3. The second-order valence-electron chi connectivity index (χ2n) is 14.1. The van der Waals surface area contributed by atoms with Crippen LogP contribution in [-0.4, -0.2) is 139 Å². The summed E-state index contributed by atoms with van der Waals surface area (Å²) in [6.45, 7) is 12.4. The highest BCUT2D eigenvalue weighted by Gasteiger charge is 2.27. The molecule has 4 heterocycles. The normalized spacial score (nSPS) is 15.0. The standard InChI is InChI=1S/C20H25ClN4O3.C16H17ClN4O3.C2HF3O/c1-20(2,3)28-18(26)17-8-9-25(22-17)19(27)24-12-10-23(11-13-24)14-15-4-6-16(21)7-5-15;17-13-3-1-12(2-4-13)11-19-7-9-20(10-8-19)16(24)21-6-5-14(18-21)15(22)23;3-2(4,5)1-6/h4-9H,10-14H2,1-3H3;1-6H,7-11H2,(H,22,23);1H. The number of aldehydes is 1. The summed E-state index contributed by atoms with van der Waals surface area (Å²) in [5.41, 5.74) is 1.76. The van der Waals surface area contributed by atoms with Crippen LogP contribution in [0.1, 0.15) is 52.9 Å². The fourth-order valence-electron chi connectivity index (χ4n) is 5.59. The highest BCUT2D eigenvalue weighted by atomic mass is 35.5. The monoisotopic (exact) mass is 850 g/mol. The van der Waals surface area contributed by atoms with Gasteiger partial charge in [0.1, 0.15) is 5.60 Å². The van der Waals surface area contributed by atoms with E-state index in [-0.39, 0.29) is 23.5 Å². The second kappa shape index (κ2) is 20.4. The topological polar surface area (TPSA) is 163 Å². The summed E-state index contributed by atoms with van der Waals surface area (Å²) in [5.74, 6) is -1.68. The lowest BCUT2D eigenvalue weighted by atomic mass is 10.2. The minimum Gasteiger partial charge on any atom is -0.476 e. The molecular weight excluding hydrogens is 808 g/mol. The van der Waals surface area contributed by atoms with Crippen LogP contribution in [0.25, 0.3) is 0 Å². The molecule has 4 aromatic rings. The highest BCUT2D eigenvalue weighted by Crippen LogP contribution is 2.16. The summed E-state index contributed by atoms with van der Waals surface area (Å²) in [6.07, 6.45) is -2.82. The van der Waals surface area contributed by atoms with Crippen LogP contribution in [0.3, 0.4) is 0 Å². The van der Waals surface area contributed by atoms with E-state index in [1.54, 1.807) is 30.6 Å². The van der Waals surface area contributed by atoms with Crippen LogP contribution in [0, 0.1) is 0 Å². The van der Waals surface area contributed by atoms with Gasteiger partial charge in [-0.15, -0.1) is 0 Å². The molecule has 2 aliphatic heterocycles. The average Bonchev–Trinajstić information content (AvgIpc) is 3.88. The molecule has 6 rings (SSSR count). The van der Waals surface area contributed by atoms with E-state index in [9.17, 15) is 32.3 Å². The molecule has 0 atom stereocenters. The van der Waals surface area contributed by atoms with E-state index >= 15 is 0 Å². The zero-order valence-corrected chi connectivity index (χ0v) is 33.5. The van der Waals surface area contributed by atoms with E-state index in [4.69, 9.17) is 37.8 Å². The molecule has 2 aliphatic rings. The Morgan fingerprint density at radius 3 is 1.36 bits per heavy atom. The third-order valence-corrected chi connectivity index (χ3v) is 8.96. The number of halogens is 5. The Morgan fingerprint density at radius 2 is 1.03 bits per heavy atom. The largest absolute Gasteiger partial charge is 0.476 e. The Labute approximate surface area is 342 Å². The maximum Gasteiger partial charge on any atom is 0.446 e. The summed E-state index contributed by atoms with van der Waals surface area (Å²) < 4.78 is 38.8. The van der Waals surface area contributed by atoms with Crippen molar-refractivity contribution < 1.29 is 47.0 Å². The van der Waals surface area contributed by atoms with Crippen LogP contribution in [-0.2, 0) is 22.6 Å². The first-order valence-electron chi connectivity index (χ1n) is 17.9. The van der Waals surface area contributed by atoms with Crippen LogP contribution < -0.4 is 0 Å². The minimum atomic E-state index is -4.64. The Balaban J connectivity index is 0.000000227. The number of aromatic carboxylic acids is 1. The smallest absolute Gasteiger partial charge is 0.446 e. The van der Waals surface area contributed by atoms with Crippen molar-refractivity contribution in [3.8, 4) is 0 Å². The van der Waals surface area contributed by atoms with Crippen molar-refractivity contribution in [3.63, 3.8) is 0 Å². The Hall–Kier alpha value is -5.30. The highest BCUT2D eigenvalue weighted by molar-refractivity contribution is 6.30. The van der Waals surface area contributed by atoms with Crippen LogP contribution in [0.5, 0.6) is 0 Å². The number of piperazine rings is 2. The van der Waals surface area contributed by atoms with Crippen molar-refractivity contribution in [2.24, 2.45) is 0 Å². The number of amides is 2. The fourth-order valence-corrected chi connectivity index (χ4v) is 5.85.